The van der Waals surface area contributed by atoms with Crippen LogP contribution in [0.4, 0.5) is 0 Å². The molecule has 2 saturated carbocycles. The number of carboxylic acids is 1. The highest BCUT2D eigenvalue weighted by atomic mass is 16.4. The number of nitrogens with one attached hydrogen (secondary N) is 1. The van der Waals surface area contributed by atoms with Gasteiger partial charge in [0.05, 0.1) is 0 Å². The van der Waals surface area contributed by atoms with Crippen LogP contribution in [0.25, 0.3) is 0 Å². The second-order valence-corrected chi connectivity index (χ2v) is 10.8. The van der Waals surface area contributed by atoms with Gasteiger partial charge in [0.1, 0.15) is 6.04 Å². The smallest absolute Gasteiger partial charge is 0.320 e. The molecule has 0 aromatic heterocycles. The monoisotopic (exact) mass is 409 g/mol. The zero-order valence-electron chi connectivity index (χ0n) is 19.5. The van der Waals surface area contributed by atoms with Crippen LogP contribution in [0.15, 0.2) is 0 Å². The van der Waals surface area contributed by atoms with Crippen molar-refractivity contribution in [3.8, 4) is 0 Å². The van der Waals surface area contributed by atoms with E-state index < -0.39 is 12.0 Å². The predicted molar refractivity (Wildman–Crippen MR) is 121 cm³/mol. The molecule has 0 radical (unpaired) electrons. The van der Waals surface area contributed by atoms with Crippen molar-refractivity contribution in [1.82, 2.24) is 10.2 Å². The Labute approximate surface area is 179 Å². The molecule has 1 saturated heterocycles. The highest BCUT2D eigenvalue weighted by molar-refractivity contribution is 5.72. The fourth-order valence-corrected chi connectivity index (χ4v) is 5.58. The first-order valence-corrected chi connectivity index (χ1v) is 12.1. The van der Waals surface area contributed by atoms with Crippen molar-refractivity contribution < 1.29 is 9.90 Å². The number of nitrogens with two attached hydrogens (primary N) is 1. The summed E-state index contributed by atoms with van der Waals surface area (Å²) in [4.78, 5) is 13.0. The first-order chi connectivity index (χ1) is 13.7. The average Bonchev–Trinajstić information content (AvgIpc) is 2.67. The Hall–Kier alpha value is -0.650. The summed E-state index contributed by atoms with van der Waals surface area (Å²) in [5, 5.41) is 12.0. The second-order valence-electron chi connectivity index (χ2n) is 10.8. The molecule has 1 spiro atoms. The molecular formula is C24H47N3O2. The summed E-state index contributed by atoms with van der Waals surface area (Å²) in [5.74, 6) is 1.04. The predicted octanol–water partition coefficient (Wildman–Crippen LogP) is 4.11. The van der Waals surface area contributed by atoms with Crippen LogP contribution < -0.4 is 11.1 Å². The van der Waals surface area contributed by atoms with E-state index in [1.807, 2.05) is 0 Å². The van der Waals surface area contributed by atoms with Crippen LogP contribution in [-0.2, 0) is 4.79 Å². The molecular weight excluding hydrogens is 362 g/mol. The number of likely N-dealkylation sites (tertiary alicyclic amines) is 1. The first-order valence-electron chi connectivity index (χ1n) is 12.1. The van der Waals surface area contributed by atoms with Crippen molar-refractivity contribution in [1.29, 1.82) is 0 Å². The number of carbonyl (C=O) groups is 1. The van der Waals surface area contributed by atoms with E-state index in [2.05, 4.69) is 38.0 Å². The number of hydrogen-bond acceptors (Lipinski definition) is 4. The Bertz CT molecular complexity index is 486. The molecule has 170 valence electrons. The third-order valence-corrected chi connectivity index (χ3v) is 8.02. The number of carboxylic acid groups (broad SMARTS) is 1. The SMILES string of the molecule is CC1CCC2(CC1)CN(CCC(N)C(=O)O)C2.CCC1CCC(C)(CNC)CC1. The molecule has 5 nitrogen and oxygen atoms in total. The van der Waals surface area contributed by atoms with Crippen LogP contribution in [-0.4, -0.2) is 55.2 Å². The van der Waals surface area contributed by atoms with E-state index in [-0.39, 0.29) is 0 Å². The molecule has 1 unspecified atom stereocenters. The summed E-state index contributed by atoms with van der Waals surface area (Å²) in [6, 6.07) is -0.696. The van der Waals surface area contributed by atoms with Crippen molar-refractivity contribution in [2.45, 2.75) is 91.0 Å². The maximum atomic E-state index is 10.6. The van der Waals surface area contributed by atoms with E-state index in [0.29, 0.717) is 17.3 Å². The van der Waals surface area contributed by atoms with Gasteiger partial charge >= 0.3 is 5.97 Å². The Balaban J connectivity index is 0.000000221. The third-order valence-electron chi connectivity index (χ3n) is 8.02. The van der Waals surface area contributed by atoms with Gasteiger partial charge in [0.25, 0.3) is 0 Å². The highest BCUT2D eigenvalue weighted by Gasteiger charge is 2.44. The van der Waals surface area contributed by atoms with Crippen LogP contribution in [0.5, 0.6) is 0 Å². The Morgan fingerprint density at radius 1 is 1.17 bits per heavy atom. The summed E-state index contributed by atoms with van der Waals surface area (Å²) >= 11 is 0. The molecule has 2 aliphatic carbocycles. The molecule has 3 rings (SSSR count). The maximum Gasteiger partial charge on any atom is 0.320 e. The van der Waals surface area contributed by atoms with E-state index in [1.54, 1.807) is 0 Å². The van der Waals surface area contributed by atoms with E-state index in [0.717, 1.165) is 31.5 Å². The van der Waals surface area contributed by atoms with Crippen LogP contribution in [0.1, 0.15) is 85.0 Å². The molecule has 0 aromatic rings. The van der Waals surface area contributed by atoms with Gasteiger partial charge in [0.2, 0.25) is 0 Å². The summed E-state index contributed by atoms with van der Waals surface area (Å²) < 4.78 is 0. The zero-order valence-corrected chi connectivity index (χ0v) is 19.5. The summed E-state index contributed by atoms with van der Waals surface area (Å²) in [7, 11) is 2.07. The van der Waals surface area contributed by atoms with Gasteiger partial charge in [-0.2, -0.15) is 0 Å². The van der Waals surface area contributed by atoms with Gasteiger partial charge in [0, 0.05) is 26.2 Å². The van der Waals surface area contributed by atoms with E-state index in [1.165, 1.54) is 64.3 Å². The maximum absolute atomic E-state index is 10.6. The largest absolute Gasteiger partial charge is 0.480 e. The average molecular weight is 410 g/mol. The molecule has 5 heteroatoms. The minimum absolute atomic E-state index is 0.569. The normalized spacial score (nSPS) is 30.9. The van der Waals surface area contributed by atoms with Gasteiger partial charge in [-0.3, -0.25) is 4.79 Å². The second kappa shape index (κ2) is 11.1. The molecule has 0 amide bonds. The minimum Gasteiger partial charge on any atom is -0.480 e. The van der Waals surface area contributed by atoms with Gasteiger partial charge < -0.3 is 21.1 Å². The third kappa shape index (κ3) is 7.52. The molecule has 1 heterocycles. The molecule has 0 bridgehead atoms. The van der Waals surface area contributed by atoms with Crippen molar-refractivity contribution >= 4 is 5.97 Å². The van der Waals surface area contributed by atoms with Gasteiger partial charge in [-0.1, -0.05) is 40.0 Å². The zero-order chi connectivity index (χ0) is 21.5. The van der Waals surface area contributed by atoms with Gasteiger partial charge in [-0.05, 0) is 74.7 Å². The van der Waals surface area contributed by atoms with Gasteiger partial charge in [-0.15, -0.1) is 0 Å². The molecule has 1 atom stereocenters. The lowest BCUT2D eigenvalue weighted by molar-refractivity contribution is -0.139. The van der Waals surface area contributed by atoms with E-state index in [4.69, 9.17) is 10.8 Å². The Morgan fingerprint density at radius 3 is 2.24 bits per heavy atom. The number of rotatable bonds is 7. The van der Waals surface area contributed by atoms with Crippen molar-refractivity contribution in [3.63, 3.8) is 0 Å². The lowest BCUT2D eigenvalue weighted by Crippen LogP contribution is -2.58. The Kier molecular flexibility index (Phi) is 9.43. The molecule has 1 aliphatic heterocycles. The number of hydrogen-bond donors (Lipinski definition) is 3. The molecule has 29 heavy (non-hydrogen) atoms. The van der Waals surface area contributed by atoms with E-state index >= 15 is 0 Å². The summed E-state index contributed by atoms with van der Waals surface area (Å²) in [5.41, 5.74) is 6.67. The lowest BCUT2D eigenvalue weighted by Gasteiger charge is -2.53. The topological polar surface area (TPSA) is 78.6 Å². The summed E-state index contributed by atoms with van der Waals surface area (Å²) in [6.45, 7) is 11.4. The van der Waals surface area contributed by atoms with Crippen molar-refractivity contribution in [3.05, 3.63) is 0 Å². The number of aliphatic carboxylic acids is 1. The minimum atomic E-state index is -0.883. The summed E-state index contributed by atoms with van der Waals surface area (Å²) in [6.07, 6.45) is 13.1. The van der Waals surface area contributed by atoms with Crippen LogP contribution in [0, 0.1) is 22.7 Å². The van der Waals surface area contributed by atoms with Gasteiger partial charge in [-0.25, -0.2) is 0 Å². The fraction of sp³-hybridized carbons (Fsp3) is 0.958. The Morgan fingerprint density at radius 2 is 1.76 bits per heavy atom. The van der Waals surface area contributed by atoms with E-state index in [9.17, 15) is 4.79 Å². The fourth-order valence-electron chi connectivity index (χ4n) is 5.58. The number of nitrogens with zero attached hydrogens (tertiary/aromatic N) is 1. The van der Waals surface area contributed by atoms with Crippen molar-refractivity contribution in [2.75, 3.05) is 33.2 Å². The standard InChI is InChI=1S/C13H24N2O2.C11H23N/c1-10-2-5-13(6-3-10)8-15(9-13)7-4-11(14)12(16)17;1-4-10-5-7-11(2,8-6-10)9-12-3/h10-11H,2-9,14H2,1H3,(H,16,17);10,12H,4-9H2,1-3H3. The van der Waals surface area contributed by atoms with Crippen LogP contribution in [0.3, 0.4) is 0 Å². The molecule has 3 aliphatic rings. The van der Waals surface area contributed by atoms with Gasteiger partial charge in [0.15, 0.2) is 0 Å². The first kappa shape index (κ1) is 24.6. The highest BCUT2D eigenvalue weighted by Crippen LogP contribution is 2.45. The molecule has 4 N–H and O–H groups in total. The van der Waals surface area contributed by atoms with Crippen LogP contribution >= 0.6 is 0 Å². The lowest BCUT2D eigenvalue weighted by atomic mass is 9.66. The van der Waals surface area contributed by atoms with Crippen molar-refractivity contribution in [2.24, 2.45) is 28.4 Å². The van der Waals surface area contributed by atoms with Crippen LogP contribution in [0.2, 0.25) is 0 Å². The molecule has 3 fully saturated rings. The molecule has 0 aromatic carbocycles. The quantitative estimate of drug-likeness (QED) is 0.590.